The molecule has 3 aromatic carbocycles. The van der Waals surface area contributed by atoms with Crippen molar-refractivity contribution in [3.8, 4) is 0 Å². The van der Waals surface area contributed by atoms with Gasteiger partial charge in [0.05, 0.1) is 0 Å². The zero-order valence-electron chi connectivity index (χ0n) is 23.0. The average molecular weight is 780 g/mol. The monoisotopic (exact) mass is 780 g/mol. The molecule has 5 rings (SSSR count). The van der Waals surface area contributed by atoms with Gasteiger partial charge < -0.3 is 0 Å². The van der Waals surface area contributed by atoms with Gasteiger partial charge in [-0.25, -0.2) is 0 Å². The molecule has 0 unspecified atom stereocenters. The van der Waals surface area contributed by atoms with Gasteiger partial charge >= 0.3 is 269 Å². The first-order valence-electron chi connectivity index (χ1n) is 13.0. The Balaban J connectivity index is 1.57. The topological polar surface area (TPSA) is 89.6 Å². The number of halogens is 1. The summed E-state index contributed by atoms with van der Waals surface area (Å²) >= 11 is 2.06. The second-order valence-corrected chi connectivity index (χ2v) is 16.8. The van der Waals surface area contributed by atoms with E-state index in [0.717, 1.165) is 22.3 Å². The van der Waals surface area contributed by atoms with Gasteiger partial charge in [-0.3, -0.25) is 0 Å². The van der Waals surface area contributed by atoms with Crippen LogP contribution in [0.15, 0.2) is 118 Å². The molecule has 0 radical (unpaired) electrons. The maximum absolute atomic E-state index is 14.0. The van der Waals surface area contributed by atoms with Crippen LogP contribution in [-0.2, 0) is 38.5 Å². The molecular formula is C31H29IN2O5S2Se. The molecule has 218 valence electrons. The number of benzene rings is 3. The molecule has 0 amide bonds. The van der Waals surface area contributed by atoms with Crippen molar-refractivity contribution < 1.29 is 21.3 Å². The molecule has 0 saturated carbocycles. The number of aromatic nitrogens is 1. The zero-order valence-corrected chi connectivity index (χ0v) is 28.5. The van der Waals surface area contributed by atoms with Crippen molar-refractivity contribution in [2.45, 2.75) is 42.0 Å². The first kappa shape index (κ1) is 30.8. The molecule has 0 aliphatic heterocycles. The summed E-state index contributed by atoms with van der Waals surface area (Å²) in [7, 11) is -7.83. The van der Waals surface area contributed by atoms with E-state index in [1.807, 2.05) is 54.6 Å². The van der Waals surface area contributed by atoms with E-state index in [-0.39, 0.29) is 37.8 Å². The van der Waals surface area contributed by atoms with Gasteiger partial charge in [0.1, 0.15) is 0 Å². The molecule has 0 spiro atoms. The van der Waals surface area contributed by atoms with E-state index >= 15 is 0 Å². The summed E-state index contributed by atoms with van der Waals surface area (Å²) in [6, 6.07) is 25.2. The van der Waals surface area contributed by atoms with Crippen molar-refractivity contribution in [1.82, 2.24) is 8.28 Å². The molecule has 0 bridgehead atoms. The Hall–Kier alpha value is -2.67. The third-order valence-electron chi connectivity index (χ3n) is 6.76. The van der Waals surface area contributed by atoms with Crippen molar-refractivity contribution >= 4 is 62.1 Å². The fraction of sp³-hybridized carbons (Fsp3) is 0.161. The predicted molar refractivity (Wildman–Crippen MR) is 173 cm³/mol. The second kappa shape index (κ2) is 12.9. The molecule has 42 heavy (non-hydrogen) atoms. The van der Waals surface area contributed by atoms with Crippen LogP contribution >= 0.6 is 22.6 Å². The summed E-state index contributed by atoms with van der Waals surface area (Å²) in [4.78, 5) is 0.347. The van der Waals surface area contributed by atoms with Gasteiger partial charge in [0.2, 0.25) is 0 Å². The van der Waals surface area contributed by atoms with Gasteiger partial charge in [0.15, 0.2) is 0 Å². The SMILES string of the molecule is Cc1ccc(S(=O)(=O)N(Cc2cn(S(=O)(=O)c3ccc(C)cc3)cc2C[Se]c2ccccc2)Cc2ccoc2I)cc1. The normalized spacial score (nSPS) is 12.2. The van der Waals surface area contributed by atoms with E-state index in [2.05, 4.69) is 12.1 Å². The third-order valence-corrected chi connectivity index (χ3v) is 13.4. The fourth-order valence-electron chi connectivity index (χ4n) is 4.33. The Morgan fingerprint density at radius 3 is 1.90 bits per heavy atom. The molecule has 0 atom stereocenters. The minimum atomic E-state index is -3.94. The number of aryl methyl sites for hydroxylation is 2. The summed E-state index contributed by atoms with van der Waals surface area (Å²) in [5.74, 6) is 0. The van der Waals surface area contributed by atoms with Crippen molar-refractivity contribution in [3.05, 3.63) is 135 Å². The number of sulfonamides is 1. The van der Waals surface area contributed by atoms with Gasteiger partial charge in [-0.1, -0.05) is 0 Å². The summed E-state index contributed by atoms with van der Waals surface area (Å²) in [6.07, 6.45) is 4.73. The van der Waals surface area contributed by atoms with Crippen molar-refractivity contribution in [3.63, 3.8) is 0 Å². The summed E-state index contributed by atoms with van der Waals surface area (Å²) in [6.45, 7) is 3.87. The number of rotatable bonds is 11. The van der Waals surface area contributed by atoms with E-state index in [1.165, 1.54) is 19.0 Å². The molecule has 2 heterocycles. The standard InChI is InChI=1S/C31H29IN2O5S2Se/c1-23-8-12-28(13-9-23)40(35,36)33(18-25-16-17-39-31(25)32)19-26-20-34(41(37,38)29-14-10-24(2)11-15-29)21-27(26)22-42-30-6-4-3-5-7-30/h3-17,20-21H,18-19,22H2,1-2H3. The fourth-order valence-corrected chi connectivity index (χ4v) is 9.43. The summed E-state index contributed by atoms with van der Waals surface area (Å²) in [5.41, 5.74) is 4.07. The molecule has 0 saturated heterocycles. The Labute approximate surface area is 267 Å². The van der Waals surface area contributed by atoms with Crippen LogP contribution in [0.5, 0.6) is 0 Å². The number of hydrogen-bond acceptors (Lipinski definition) is 5. The average Bonchev–Trinajstić information content (AvgIpc) is 3.58. The first-order chi connectivity index (χ1) is 20.0. The molecule has 0 aliphatic rings. The second-order valence-electron chi connectivity index (χ2n) is 9.86. The molecule has 0 N–H and O–H groups in total. The van der Waals surface area contributed by atoms with Crippen LogP contribution in [-0.4, -0.2) is 40.1 Å². The Kier molecular flexibility index (Phi) is 9.46. The van der Waals surface area contributed by atoms with E-state index in [0.29, 0.717) is 14.6 Å². The predicted octanol–water partition coefficient (Wildman–Crippen LogP) is 5.46. The molecule has 7 nitrogen and oxygen atoms in total. The Morgan fingerprint density at radius 1 is 0.738 bits per heavy atom. The molecule has 0 fully saturated rings. The first-order valence-corrected chi connectivity index (χ1v) is 19.1. The summed E-state index contributed by atoms with van der Waals surface area (Å²) in [5, 5.41) is 0.602. The van der Waals surface area contributed by atoms with Crippen LogP contribution in [0.25, 0.3) is 0 Å². The van der Waals surface area contributed by atoms with Gasteiger partial charge in [-0.15, -0.1) is 0 Å². The number of nitrogens with zero attached hydrogens (tertiary/aromatic N) is 2. The molecule has 11 heteroatoms. The van der Waals surface area contributed by atoms with Crippen molar-refractivity contribution in [2.24, 2.45) is 0 Å². The van der Waals surface area contributed by atoms with Crippen LogP contribution < -0.4 is 4.46 Å². The molecule has 0 aliphatic carbocycles. The molecule has 5 aromatic rings. The molecular weight excluding hydrogens is 750 g/mol. The van der Waals surface area contributed by atoms with E-state index < -0.39 is 20.0 Å². The van der Waals surface area contributed by atoms with Crippen LogP contribution in [0.3, 0.4) is 0 Å². The number of furan rings is 1. The van der Waals surface area contributed by atoms with Gasteiger partial charge in [0.25, 0.3) is 0 Å². The molecule has 2 aromatic heterocycles. The van der Waals surface area contributed by atoms with Crippen LogP contribution in [0.1, 0.15) is 27.8 Å². The van der Waals surface area contributed by atoms with Crippen LogP contribution in [0.2, 0.25) is 0 Å². The van der Waals surface area contributed by atoms with Gasteiger partial charge in [-0.05, 0) is 0 Å². The van der Waals surface area contributed by atoms with E-state index in [4.69, 9.17) is 4.42 Å². The third kappa shape index (κ3) is 6.93. The maximum atomic E-state index is 14.0. The quantitative estimate of drug-likeness (QED) is 0.131. The van der Waals surface area contributed by atoms with Crippen molar-refractivity contribution in [1.29, 1.82) is 0 Å². The minimum absolute atomic E-state index is 0.00586. The Morgan fingerprint density at radius 2 is 1.31 bits per heavy atom. The summed E-state index contributed by atoms with van der Waals surface area (Å²) < 4.78 is 65.1. The Bertz CT molecular complexity index is 1880. The zero-order chi connectivity index (χ0) is 29.9. The van der Waals surface area contributed by atoms with E-state index in [1.54, 1.807) is 67.0 Å². The van der Waals surface area contributed by atoms with Crippen LogP contribution in [0, 0.1) is 17.6 Å². The number of hydrogen-bond donors (Lipinski definition) is 0. The van der Waals surface area contributed by atoms with Gasteiger partial charge in [-0.2, -0.15) is 0 Å². The van der Waals surface area contributed by atoms with Crippen molar-refractivity contribution in [2.75, 3.05) is 0 Å². The van der Waals surface area contributed by atoms with E-state index in [9.17, 15) is 16.8 Å². The van der Waals surface area contributed by atoms with Gasteiger partial charge in [0, 0.05) is 0 Å². The van der Waals surface area contributed by atoms with Crippen LogP contribution in [0.4, 0.5) is 0 Å².